The molecule has 2 amide bonds. The molecule has 1 aromatic heterocycles. The van der Waals surface area contributed by atoms with Crippen molar-refractivity contribution in [3.05, 3.63) is 77.9 Å². The summed E-state index contributed by atoms with van der Waals surface area (Å²) in [6, 6.07) is 19.0. The fourth-order valence-electron chi connectivity index (χ4n) is 4.56. The van der Waals surface area contributed by atoms with Crippen LogP contribution in [-0.2, 0) is 22.7 Å². The minimum atomic E-state index is -1.06. The van der Waals surface area contributed by atoms with Crippen molar-refractivity contribution in [3.8, 4) is 17.2 Å². The number of hydrogen-bond donors (Lipinski definition) is 1. The van der Waals surface area contributed by atoms with Crippen LogP contribution in [0.5, 0.6) is 17.2 Å². The lowest BCUT2D eigenvalue weighted by Gasteiger charge is -2.34. The van der Waals surface area contributed by atoms with E-state index in [9.17, 15) is 9.59 Å². The van der Waals surface area contributed by atoms with Crippen LogP contribution in [0.25, 0.3) is 11.0 Å². The van der Waals surface area contributed by atoms with E-state index in [1.165, 1.54) is 23.8 Å². The molecule has 4 aromatic rings. The molecule has 3 aromatic carbocycles. The Morgan fingerprint density at radius 1 is 0.950 bits per heavy atom. The molecule has 1 unspecified atom stereocenters. The number of rotatable bonds is 10. The highest BCUT2D eigenvalue weighted by Crippen LogP contribution is 2.38. The summed E-state index contributed by atoms with van der Waals surface area (Å²) in [6.45, 7) is 5.66. The van der Waals surface area contributed by atoms with Gasteiger partial charge in [-0.2, -0.15) is 0 Å². The molecule has 0 fully saturated rings. The summed E-state index contributed by atoms with van der Waals surface area (Å²) in [5.41, 5.74) is 2.10. The Labute approximate surface area is 233 Å². The maximum absolute atomic E-state index is 14.2. The van der Waals surface area contributed by atoms with E-state index < -0.39 is 11.6 Å². The van der Waals surface area contributed by atoms with Crippen LogP contribution in [0.2, 0.25) is 0 Å². The second-order valence-electron chi connectivity index (χ2n) is 10.3. The smallest absolute Gasteiger partial charge is 0.248 e. The second-order valence-corrected chi connectivity index (χ2v) is 10.3. The third-order valence-corrected chi connectivity index (χ3v) is 6.30. The molecule has 4 rings (SSSR count). The Morgan fingerprint density at radius 2 is 1.70 bits per heavy atom. The number of benzene rings is 3. The number of amides is 2. The minimum absolute atomic E-state index is 0.116. The average Bonchev–Trinajstić information content (AvgIpc) is 3.34. The Hall–Kier alpha value is -4.60. The van der Waals surface area contributed by atoms with Crippen LogP contribution < -0.4 is 19.5 Å². The number of carbonyl (C=O) groups excluding carboxylic acids is 2. The number of methoxy groups -OCH3 is 3. The molecule has 0 radical (unpaired) electrons. The van der Waals surface area contributed by atoms with Gasteiger partial charge >= 0.3 is 0 Å². The van der Waals surface area contributed by atoms with Gasteiger partial charge < -0.3 is 24.4 Å². The molecule has 1 heterocycles. The number of hydrogen-bond acceptors (Lipinski definition) is 7. The van der Waals surface area contributed by atoms with E-state index in [1.807, 2.05) is 69.3 Å². The minimum Gasteiger partial charge on any atom is -0.497 e. The molecule has 0 saturated carbocycles. The van der Waals surface area contributed by atoms with Crippen molar-refractivity contribution in [3.63, 3.8) is 0 Å². The average molecular weight is 546 g/mol. The van der Waals surface area contributed by atoms with E-state index in [0.717, 1.165) is 5.56 Å². The lowest BCUT2D eigenvalue weighted by Crippen LogP contribution is -2.49. The van der Waals surface area contributed by atoms with Crippen LogP contribution >= 0.6 is 0 Å². The van der Waals surface area contributed by atoms with Crippen LogP contribution in [0.1, 0.15) is 37.9 Å². The highest BCUT2D eigenvalue weighted by Gasteiger charge is 2.36. The number of para-hydroxylation sites is 2. The molecule has 10 nitrogen and oxygen atoms in total. The number of ether oxygens (including phenoxy) is 3. The van der Waals surface area contributed by atoms with Crippen molar-refractivity contribution in [2.75, 3.05) is 21.3 Å². The molecule has 1 atom stereocenters. The Kier molecular flexibility index (Phi) is 8.57. The molecule has 0 aliphatic rings. The van der Waals surface area contributed by atoms with Crippen molar-refractivity contribution >= 4 is 22.8 Å². The molecule has 0 aliphatic heterocycles. The zero-order valence-electron chi connectivity index (χ0n) is 23.7. The molecular formula is C30H35N5O5. The van der Waals surface area contributed by atoms with Crippen LogP contribution in [0.15, 0.2) is 66.7 Å². The zero-order valence-corrected chi connectivity index (χ0v) is 23.7. The summed E-state index contributed by atoms with van der Waals surface area (Å²) in [7, 11) is 4.62. The monoisotopic (exact) mass is 545 g/mol. The largest absolute Gasteiger partial charge is 0.497 e. The van der Waals surface area contributed by atoms with Crippen molar-refractivity contribution in [1.82, 2.24) is 25.2 Å². The van der Waals surface area contributed by atoms with Gasteiger partial charge in [0.05, 0.1) is 26.8 Å². The normalized spacial score (nSPS) is 12.1. The van der Waals surface area contributed by atoms with Gasteiger partial charge in [0.1, 0.15) is 23.9 Å². The van der Waals surface area contributed by atoms with E-state index in [1.54, 1.807) is 25.3 Å². The van der Waals surface area contributed by atoms with Crippen molar-refractivity contribution < 1.29 is 23.8 Å². The molecule has 10 heteroatoms. The molecular weight excluding hydrogens is 510 g/mol. The predicted octanol–water partition coefficient (Wildman–Crippen LogP) is 4.14. The predicted molar refractivity (Wildman–Crippen MR) is 151 cm³/mol. The van der Waals surface area contributed by atoms with Crippen molar-refractivity contribution in [2.45, 2.75) is 45.4 Å². The summed E-state index contributed by atoms with van der Waals surface area (Å²) in [5.74, 6) is 0.760. The lowest BCUT2D eigenvalue weighted by molar-refractivity contribution is -0.142. The molecule has 0 spiro atoms. The summed E-state index contributed by atoms with van der Waals surface area (Å²) in [6.07, 6.45) is 0. The topological polar surface area (TPSA) is 108 Å². The van der Waals surface area contributed by atoms with Gasteiger partial charge in [0.15, 0.2) is 11.5 Å². The van der Waals surface area contributed by atoms with E-state index in [-0.39, 0.29) is 24.9 Å². The van der Waals surface area contributed by atoms with E-state index in [2.05, 4.69) is 15.6 Å². The first-order valence-electron chi connectivity index (χ1n) is 12.9. The van der Waals surface area contributed by atoms with Crippen LogP contribution in [0.3, 0.4) is 0 Å². The maximum atomic E-state index is 14.2. The molecule has 0 aliphatic carbocycles. The third-order valence-electron chi connectivity index (χ3n) is 6.30. The van der Waals surface area contributed by atoms with Gasteiger partial charge in [-0.3, -0.25) is 9.59 Å². The lowest BCUT2D eigenvalue weighted by atomic mass is 9.99. The third kappa shape index (κ3) is 6.33. The summed E-state index contributed by atoms with van der Waals surface area (Å²) in [4.78, 5) is 29.8. The number of fused-ring (bicyclic) bond motifs is 1. The molecule has 40 heavy (non-hydrogen) atoms. The first-order valence-corrected chi connectivity index (χ1v) is 12.9. The Balaban J connectivity index is 1.86. The van der Waals surface area contributed by atoms with Gasteiger partial charge in [0.25, 0.3) is 0 Å². The Bertz CT molecular complexity index is 1490. The Morgan fingerprint density at radius 3 is 2.40 bits per heavy atom. The number of carbonyl (C=O) groups is 2. The number of aromatic nitrogens is 3. The van der Waals surface area contributed by atoms with Crippen LogP contribution in [-0.4, -0.2) is 58.6 Å². The van der Waals surface area contributed by atoms with Gasteiger partial charge in [-0.1, -0.05) is 41.6 Å². The molecule has 210 valence electrons. The summed E-state index contributed by atoms with van der Waals surface area (Å²) >= 11 is 0. The molecule has 0 bridgehead atoms. The van der Waals surface area contributed by atoms with Gasteiger partial charge in [-0.15, -0.1) is 5.10 Å². The van der Waals surface area contributed by atoms with Gasteiger partial charge in [-0.25, -0.2) is 4.68 Å². The standard InChI is InChI=1S/C30H35N5O5/c1-30(2,3)31-29(37)27(22-13-10-16-25(39-5)28(22)40-6)34(18-20-11-9-12-21(17-20)38-4)26(36)19-35-24-15-8-7-14-23(24)32-33-35/h7-17,27H,18-19H2,1-6H3,(H,31,37). The summed E-state index contributed by atoms with van der Waals surface area (Å²) in [5, 5.41) is 11.4. The van der Waals surface area contributed by atoms with E-state index in [4.69, 9.17) is 14.2 Å². The first-order chi connectivity index (χ1) is 19.1. The van der Waals surface area contributed by atoms with Crippen LogP contribution in [0, 0.1) is 0 Å². The highest BCUT2D eigenvalue weighted by molar-refractivity contribution is 5.90. The fourth-order valence-corrected chi connectivity index (χ4v) is 4.56. The van der Waals surface area contributed by atoms with E-state index in [0.29, 0.717) is 33.8 Å². The SMILES string of the molecule is COc1cccc(CN(C(=O)Cn2nnc3ccccc32)C(C(=O)NC(C)(C)C)c2cccc(OC)c2OC)c1. The quantitative estimate of drug-likeness (QED) is 0.319. The maximum Gasteiger partial charge on any atom is 0.248 e. The summed E-state index contributed by atoms with van der Waals surface area (Å²) < 4.78 is 18.2. The van der Waals surface area contributed by atoms with Gasteiger partial charge in [0, 0.05) is 17.6 Å². The van der Waals surface area contributed by atoms with E-state index >= 15 is 0 Å². The van der Waals surface area contributed by atoms with Crippen molar-refractivity contribution in [1.29, 1.82) is 0 Å². The molecule has 1 N–H and O–H groups in total. The second kappa shape index (κ2) is 12.1. The first kappa shape index (κ1) is 28.4. The van der Waals surface area contributed by atoms with Gasteiger partial charge in [0.2, 0.25) is 11.8 Å². The number of nitrogens with one attached hydrogen (secondary N) is 1. The van der Waals surface area contributed by atoms with Crippen molar-refractivity contribution in [2.24, 2.45) is 0 Å². The number of nitrogens with zero attached hydrogens (tertiary/aromatic N) is 4. The molecule has 0 saturated heterocycles. The zero-order chi connectivity index (χ0) is 28.9. The van der Waals surface area contributed by atoms with Crippen LogP contribution in [0.4, 0.5) is 0 Å². The van der Waals surface area contributed by atoms with Gasteiger partial charge in [-0.05, 0) is 56.7 Å². The highest BCUT2D eigenvalue weighted by atomic mass is 16.5. The fraction of sp³-hybridized carbons (Fsp3) is 0.333.